The van der Waals surface area contributed by atoms with Gasteiger partial charge in [0.15, 0.2) is 5.82 Å². The largest absolute Gasteiger partial charge is 0.458 e. The molecule has 0 bridgehead atoms. The van der Waals surface area contributed by atoms with E-state index >= 15 is 0 Å². The van der Waals surface area contributed by atoms with Crippen molar-refractivity contribution in [3.63, 3.8) is 0 Å². The fourth-order valence-electron chi connectivity index (χ4n) is 2.14. The summed E-state index contributed by atoms with van der Waals surface area (Å²) in [6.45, 7) is 0.839. The lowest BCUT2D eigenvalue weighted by Crippen LogP contribution is -2.32. The molecule has 2 aromatic rings. The maximum Gasteiger partial charge on any atom is 0.316 e. The predicted molar refractivity (Wildman–Crippen MR) is 71.8 cm³/mol. The second-order valence-corrected chi connectivity index (χ2v) is 4.77. The van der Waals surface area contributed by atoms with Crippen LogP contribution in [-0.4, -0.2) is 50.2 Å². The average Bonchev–Trinajstić information content (AvgIpc) is 2.98. The number of halogens is 1. The van der Waals surface area contributed by atoms with E-state index in [1.807, 2.05) is 0 Å². The van der Waals surface area contributed by atoms with E-state index in [9.17, 15) is 14.0 Å². The van der Waals surface area contributed by atoms with Gasteiger partial charge in [-0.05, 0) is 6.07 Å². The zero-order valence-corrected chi connectivity index (χ0v) is 11.4. The topological polar surface area (TPSA) is 101 Å². The highest BCUT2D eigenvalue weighted by molar-refractivity contribution is 5.92. The maximum absolute atomic E-state index is 12.7. The van der Waals surface area contributed by atoms with Gasteiger partial charge < -0.3 is 9.64 Å². The van der Waals surface area contributed by atoms with E-state index < -0.39 is 5.82 Å². The Labute approximate surface area is 124 Å². The number of carbonyl (C=O) groups excluding carboxylic acids is 1. The van der Waals surface area contributed by atoms with Crippen molar-refractivity contribution in [2.24, 2.45) is 0 Å². The molecule has 3 heterocycles. The summed E-state index contributed by atoms with van der Waals surface area (Å²) in [4.78, 5) is 32.1. The van der Waals surface area contributed by atoms with Gasteiger partial charge in [-0.1, -0.05) is 0 Å². The molecular weight excluding hydrogens is 293 g/mol. The number of aromatic amines is 1. The summed E-state index contributed by atoms with van der Waals surface area (Å²) < 4.78 is 18.2. The van der Waals surface area contributed by atoms with E-state index in [1.165, 1.54) is 12.1 Å². The molecule has 1 N–H and O–H groups in total. The summed E-state index contributed by atoms with van der Waals surface area (Å²) >= 11 is 0. The molecule has 1 aliphatic rings. The van der Waals surface area contributed by atoms with Gasteiger partial charge in [-0.3, -0.25) is 9.59 Å². The molecule has 3 rings (SSSR count). The van der Waals surface area contributed by atoms with E-state index in [0.29, 0.717) is 19.5 Å². The molecule has 0 aliphatic carbocycles. The zero-order chi connectivity index (χ0) is 15.5. The number of hydrogen-bond donors (Lipinski definition) is 1. The summed E-state index contributed by atoms with van der Waals surface area (Å²) in [5.41, 5.74) is -0.203. The highest BCUT2D eigenvalue weighted by Gasteiger charge is 2.29. The summed E-state index contributed by atoms with van der Waals surface area (Å²) in [7, 11) is 0. The van der Waals surface area contributed by atoms with Crippen LogP contribution in [0.3, 0.4) is 0 Å². The van der Waals surface area contributed by atoms with Gasteiger partial charge in [-0.25, -0.2) is 19.5 Å². The third-order valence-corrected chi connectivity index (χ3v) is 3.20. The van der Waals surface area contributed by atoms with Crippen molar-refractivity contribution in [3.05, 3.63) is 46.4 Å². The van der Waals surface area contributed by atoms with Gasteiger partial charge >= 0.3 is 6.01 Å². The van der Waals surface area contributed by atoms with Crippen molar-refractivity contribution >= 4 is 5.91 Å². The van der Waals surface area contributed by atoms with E-state index in [0.717, 1.165) is 12.4 Å². The molecule has 22 heavy (non-hydrogen) atoms. The molecule has 8 nitrogen and oxygen atoms in total. The molecule has 9 heteroatoms. The first-order valence-electron chi connectivity index (χ1n) is 6.61. The fraction of sp³-hybridized carbons (Fsp3) is 0.308. The molecule has 1 unspecified atom stereocenters. The third-order valence-electron chi connectivity index (χ3n) is 3.20. The minimum Gasteiger partial charge on any atom is -0.458 e. The van der Waals surface area contributed by atoms with Crippen LogP contribution in [-0.2, 0) is 0 Å². The molecule has 1 atom stereocenters. The van der Waals surface area contributed by atoms with Crippen LogP contribution in [0.4, 0.5) is 4.39 Å². The molecule has 1 aliphatic heterocycles. The molecule has 0 saturated carbocycles. The molecule has 0 aromatic carbocycles. The lowest BCUT2D eigenvalue weighted by Gasteiger charge is -2.15. The predicted octanol–water partition coefficient (Wildman–Crippen LogP) is -0.00750. The number of ether oxygens (including phenoxy) is 1. The second kappa shape index (κ2) is 5.88. The smallest absolute Gasteiger partial charge is 0.316 e. The standard InChI is InChI=1S/C13H12FN5O3/c14-8-5-15-13(16-6-8)22-9-3-4-19(7-9)12(21)10-1-2-11(20)18-17-10/h1-2,5-6,9H,3-4,7H2,(H,18,20). The summed E-state index contributed by atoms with van der Waals surface area (Å²) in [5, 5.41) is 5.93. The van der Waals surface area contributed by atoms with Crippen molar-refractivity contribution in [3.8, 4) is 6.01 Å². The van der Waals surface area contributed by atoms with E-state index in [-0.39, 0.29) is 29.3 Å². The zero-order valence-electron chi connectivity index (χ0n) is 11.4. The molecule has 1 amide bonds. The Bertz CT molecular complexity index is 713. The quantitative estimate of drug-likeness (QED) is 0.856. The minimum atomic E-state index is -0.542. The van der Waals surface area contributed by atoms with Crippen LogP contribution in [0.5, 0.6) is 6.01 Å². The number of hydrogen-bond acceptors (Lipinski definition) is 6. The Morgan fingerprint density at radius 2 is 2.14 bits per heavy atom. The van der Waals surface area contributed by atoms with Crippen LogP contribution >= 0.6 is 0 Å². The van der Waals surface area contributed by atoms with E-state index in [2.05, 4.69) is 20.2 Å². The number of amides is 1. The molecule has 1 fully saturated rings. The van der Waals surface area contributed by atoms with Gasteiger partial charge in [-0.15, -0.1) is 0 Å². The maximum atomic E-state index is 12.7. The van der Waals surface area contributed by atoms with Gasteiger partial charge in [0.05, 0.1) is 18.9 Å². The number of nitrogens with one attached hydrogen (secondary N) is 1. The molecule has 1 saturated heterocycles. The van der Waals surface area contributed by atoms with Crippen molar-refractivity contribution in [2.45, 2.75) is 12.5 Å². The Kier molecular flexibility index (Phi) is 3.77. The Balaban J connectivity index is 1.62. The Morgan fingerprint density at radius 3 is 2.82 bits per heavy atom. The summed E-state index contributed by atoms with van der Waals surface area (Å²) in [6, 6.07) is 2.69. The number of rotatable bonds is 3. The first-order valence-corrected chi connectivity index (χ1v) is 6.61. The first-order chi connectivity index (χ1) is 10.6. The van der Waals surface area contributed by atoms with Crippen molar-refractivity contribution in [2.75, 3.05) is 13.1 Å². The molecular formula is C13H12FN5O3. The first kappa shape index (κ1) is 14.1. The lowest BCUT2D eigenvalue weighted by atomic mass is 10.3. The number of aromatic nitrogens is 4. The van der Waals surface area contributed by atoms with Crippen LogP contribution < -0.4 is 10.3 Å². The highest BCUT2D eigenvalue weighted by atomic mass is 19.1. The van der Waals surface area contributed by atoms with Crippen molar-refractivity contribution in [1.82, 2.24) is 25.1 Å². The number of nitrogens with zero attached hydrogens (tertiary/aromatic N) is 4. The number of likely N-dealkylation sites (tertiary alicyclic amines) is 1. The van der Waals surface area contributed by atoms with Crippen molar-refractivity contribution < 1.29 is 13.9 Å². The van der Waals surface area contributed by atoms with Gasteiger partial charge in [0, 0.05) is 19.0 Å². The monoisotopic (exact) mass is 305 g/mol. The van der Waals surface area contributed by atoms with E-state index in [1.54, 1.807) is 4.90 Å². The second-order valence-electron chi connectivity index (χ2n) is 4.77. The Morgan fingerprint density at radius 1 is 1.36 bits per heavy atom. The minimum absolute atomic E-state index is 0.0721. The van der Waals surface area contributed by atoms with Crippen molar-refractivity contribution in [1.29, 1.82) is 0 Å². The summed E-state index contributed by atoms with van der Waals surface area (Å²) in [6.07, 6.45) is 2.38. The van der Waals surface area contributed by atoms with Gasteiger partial charge in [0.2, 0.25) is 0 Å². The van der Waals surface area contributed by atoms with Crippen LogP contribution in [0.15, 0.2) is 29.3 Å². The molecule has 114 valence electrons. The van der Waals surface area contributed by atoms with Crippen LogP contribution in [0.1, 0.15) is 16.9 Å². The summed E-state index contributed by atoms with van der Waals surface area (Å²) in [5.74, 6) is -0.831. The van der Waals surface area contributed by atoms with Gasteiger partial charge in [0.25, 0.3) is 11.5 Å². The van der Waals surface area contributed by atoms with Gasteiger partial charge in [0.1, 0.15) is 11.8 Å². The third kappa shape index (κ3) is 3.08. The van der Waals surface area contributed by atoms with Crippen LogP contribution in [0.2, 0.25) is 0 Å². The SMILES string of the molecule is O=C(c1ccc(=O)[nH]n1)N1CCC(Oc2ncc(F)cn2)C1. The van der Waals surface area contributed by atoms with E-state index in [4.69, 9.17) is 4.74 Å². The number of H-pyrrole nitrogens is 1. The fourth-order valence-corrected chi connectivity index (χ4v) is 2.14. The normalized spacial score (nSPS) is 17.5. The molecule has 2 aromatic heterocycles. The Hall–Kier alpha value is -2.84. The van der Waals surface area contributed by atoms with Crippen LogP contribution in [0.25, 0.3) is 0 Å². The van der Waals surface area contributed by atoms with Gasteiger partial charge in [-0.2, -0.15) is 5.10 Å². The average molecular weight is 305 g/mol. The highest BCUT2D eigenvalue weighted by Crippen LogP contribution is 2.16. The molecule has 0 spiro atoms. The lowest BCUT2D eigenvalue weighted by molar-refractivity contribution is 0.0762. The van der Waals surface area contributed by atoms with Crippen LogP contribution in [0, 0.1) is 5.82 Å². The number of carbonyl (C=O) groups is 1. The molecule has 0 radical (unpaired) electrons.